The molecule has 0 aliphatic carbocycles. The molecule has 2 heterocycles. The first-order valence-corrected chi connectivity index (χ1v) is 9.69. The number of carbonyl (C=O) groups excluding carboxylic acids is 2. The van der Waals surface area contributed by atoms with Gasteiger partial charge in [-0.3, -0.25) is 14.5 Å². The largest absolute Gasteiger partial charge is 0.489 e. The zero-order chi connectivity index (χ0) is 18.7. The lowest BCUT2D eigenvalue weighted by molar-refractivity contribution is -0.117. The number of anilines is 2. The second-order valence-corrected chi connectivity index (χ2v) is 7.55. The highest BCUT2D eigenvalue weighted by atomic mass is 35.5. The van der Waals surface area contributed by atoms with Crippen molar-refractivity contribution in [2.24, 2.45) is 0 Å². The quantitative estimate of drug-likeness (QED) is 0.808. The van der Waals surface area contributed by atoms with Crippen LogP contribution in [0.15, 0.2) is 23.6 Å². The third kappa shape index (κ3) is 4.53. The fourth-order valence-electron chi connectivity index (χ4n) is 2.65. The van der Waals surface area contributed by atoms with Crippen molar-refractivity contribution in [3.63, 3.8) is 0 Å². The van der Waals surface area contributed by atoms with Crippen LogP contribution in [0.2, 0.25) is 5.02 Å². The van der Waals surface area contributed by atoms with Crippen LogP contribution in [0.3, 0.4) is 0 Å². The highest BCUT2D eigenvalue weighted by Gasteiger charge is 2.24. The van der Waals surface area contributed by atoms with Crippen LogP contribution in [-0.2, 0) is 16.0 Å². The third-order valence-electron chi connectivity index (χ3n) is 3.76. The van der Waals surface area contributed by atoms with Gasteiger partial charge >= 0.3 is 0 Å². The molecule has 1 aromatic carbocycles. The Bertz CT molecular complexity index is 822. The summed E-state index contributed by atoms with van der Waals surface area (Å²) in [7, 11) is 0. The number of aromatic nitrogens is 1. The van der Waals surface area contributed by atoms with Crippen LogP contribution >= 0.6 is 22.9 Å². The molecule has 3 rings (SSSR count). The van der Waals surface area contributed by atoms with E-state index in [1.807, 2.05) is 19.2 Å². The van der Waals surface area contributed by atoms with Crippen molar-refractivity contribution in [3.05, 3.63) is 34.3 Å². The van der Waals surface area contributed by atoms with Gasteiger partial charge in [0.2, 0.25) is 11.8 Å². The van der Waals surface area contributed by atoms with E-state index in [0.717, 1.165) is 6.42 Å². The Morgan fingerprint density at radius 2 is 2.27 bits per heavy atom. The molecular weight excluding hydrogens is 374 g/mol. The summed E-state index contributed by atoms with van der Waals surface area (Å²) in [5, 5.41) is 5.72. The van der Waals surface area contributed by atoms with Gasteiger partial charge in [-0.25, -0.2) is 4.98 Å². The van der Waals surface area contributed by atoms with Gasteiger partial charge in [0.15, 0.2) is 5.13 Å². The van der Waals surface area contributed by atoms with Gasteiger partial charge in [0.1, 0.15) is 5.75 Å². The minimum absolute atomic E-state index is 0.0225. The molecule has 0 atom stereocenters. The number of amides is 2. The lowest BCUT2D eigenvalue weighted by Crippen LogP contribution is -2.23. The number of nitrogens with one attached hydrogen (secondary N) is 1. The number of carbonyl (C=O) groups is 2. The smallest absolute Gasteiger partial charge is 0.230 e. The van der Waals surface area contributed by atoms with Gasteiger partial charge in [0.25, 0.3) is 0 Å². The standard InChI is InChI=1S/C18H20ClN3O3S/c1-11(2)25-15-6-5-12(8-14(15)19)20-16(23)9-13-10-26-18(21-13)22-7-3-4-17(22)24/h5-6,8,10-11H,3-4,7,9H2,1-2H3,(H,20,23). The van der Waals surface area contributed by atoms with Crippen molar-refractivity contribution >= 4 is 45.6 Å². The Morgan fingerprint density at radius 1 is 1.46 bits per heavy atom. The van der Waals surface area contributed by atoms with E-state index in [0.29, 0.717) is 40.3 Å². The summed E-state index contributed by atoms with van der Waals surface area (Å²) < 4.78 is 5.58. The van der Waals surface area contributed by atoms with E-state index in [9.17, 15) is 9.59 Å². The molecule has 26 heavy (non-hydrogen) atoms. The zero-order valence-electron chi connectivity index (χ0n) is 14.6. The monoisotopic (exact) mass is 393 g/mol. The Hall–Kier alpha value is -2.12. The average Bonchev–Trinajstić information content (AvgIpc) is 3.18. The van der Waals surface area contributed by atoms with Crippen molar-refractivity contribution in [1.29, 1.82) is 0 Å². The van der Waals surface area contributed by atoms with E-state index in [1.165, 1.54) is 11.3 Å². The first-order valence-electron chi connectivity index (χ1n) is 8.43. The molecule has 0 bridgehead atoms. The second-order valence-electron chi connectivity index (χ2n) is 6.31. The lowest BCUT2D eigenvalue weighted by Gasteiger charge is -2.12. The van der Waals surface area contributed by atoms with Crippen LogP contribution in [-0.4, -0.2) is 29.4 Å². The molecule has 2 amide bonds. The van der Waals surface area contributed by atoms with Crippen molar-refractivity contribution in [2.75, 3.05) is 16.8 Å². The molecule has 6 nitrogen and oxygen atoms in total. The maximum atomic E-state index is 12.2. The van der Waals surface area contributed by atoms with Crippen LogP contribution in [0.1, 0.15) is 32.4 Å². The Morgan fingerprint density at radius 3 is 2.92 bits per heavy atom. The molecular formula is C18H20ClN3O3S. The van der Waals surface area contributed by atoms with E-state index in [-0.39, 0.29) is 24.3 Å². The number of hydrogen-bond donors (Lipinski definition) is 1. The summed E-state index contributed by atoms with van der Waals surface area (Å²) in [5.41, 5.74) is 1.24. The van der Waals surface area contributed by atoms with Crippen LogP contribution in [0.25, 0.3) is 0 Å². The van der Waals surface area contributed by atoms with E-state index >= 15 is 0 Å². The molecule has 1 fully saturated rings. The highest BCUT2D eigenvalue weighted by molar-refractivity contribution is 7.14. The lowest BCUT2D eigenvalue weighted by atomic mass is 10.2. The summed E-state index contributed by atoms with van der Waals surface area (Å²) in [4.78, 5) is 30.1. The molecule has 0 spiro atoms. The Balaban J connectivity index is 1.60. The molecule has 1 aromatic heterocycles. The molecule has 2 aromatic rings. The number of benzene rings is 1. The number of rotatable bonds is 6. The molecule has 138 valence electrons. The van der Waals surface area contributed by atoms with Gasteiger partial charge < -0.3 is 10.1 Å². The van der Waals surface area contributed by atoms with E-state index < -0.39 is 0 Å². The number of nitrogens with zero attached hydrogens (tertiary/aromatic N) is 2. The fourth-order valence-corrected chi connectivity index (χ4v) is 3.74. The summed E-state index contributed by atoms with van der Waals surface area (Å²) in [6.07, 6.45) is 1.58. The Kier molecular flexibility index (Phi) is 5.78. The van der Waals surface area contributed by atoms with Gasteiger partial charge in [-0.2, -0.15) is 0 Å². The first kappa shape index (κ1) is 18.7. The van der Waals surface area contributed by atoms with Crippen LogP contribution in [0.4, 0.5) is 10.8 Å². The van der Waals surface area contributed by atoms with Gasteiger partial charge in [0.05, 0.1) is 23.2 Å². The average molecular weight is 394 g/mol. The van der Waals surface area contributed by atoms with Gasteiger partial charge in [-0.1, -0.05) is 11.6 Å². The normalized spacial score (nSPS) is 14.2. The van der Waals surface area contributed by atoms with Gasteiger partial charge in [0, 0.05) is 24.0 Å². The molecule has 0 radical (unpaired) electrons. The minimum atomic E-state index is -0.191. The van der Waals surface area contributed by atoms with E-state index in [4.69, 9.17) is 16.3 Å². The molecule has 8 heteroatoms. The Labute approximate surface area is 161 Å². The van der Waals surface area contributed by atoms with E-state index in [2.05, 4.69) is 10.3 Å². The maximum absolute atomic E-state index is 12.2. The minimum Gasteiger partial charge on any atom is -0.489 e. The fraction of sp³-hybridized carbons (Fsp3) is 0.389. The van der Waals surface area contributed by atoms with Crippen LogP contribution in [0, 0.1) is 0 Å². The zero-order valence-corrected chi connectivity index (χ0v) is 16.2. The molecule has 1 aliphatic heterocycles. The summed E-state index contributed by atoms with van der Waals surface area (Å²) in [5.74, 6) is 0.482. The van der Waals surface area contributed by atoms with Gasteiger partial charge in [-0.15, -0.1) is 11.3 Å². The summed E-state index contributed by atoms with van der Waals surface area (Å²) in [6, 6.07) is 5.14. The predicted molar refractivity (Wildman–Crippen MR) is 103 cm³/mol. The molecule has 1 aliphatic rings. The predicted octanol–water partition coefficient (Wildman–Crippen LogP) is 3.89. The molecule has 0 unspecified atom stereocenters. The summed E-state index contributed by atoms with van der Waals surface area (Å²) in [6.45, 7) is 4.54. The number of ether oxygens (including phenoxy) is 1. The SMILES string of the molecule is CC(C)Oc1ccc(NC(=O)Cc2csc(N3CCCC3=O)n2)cc1Cl. The van der Waals surface area contributed by atoms with Crippen molar-refractivity contribution < 1.29 is 14.3 Å². The molecule has 1 N–H and O–H groups in total. The topological polar surface area (TPSA) is 71.5 Å². The van der Waals surface area contributed by atoms with Crippen molar-refractivity contribution in [3.8, 4) is 5.75 Å². The van der Waals surface area contributed by atoms with Gasteiger partial charge in [-0.05, 0) is 38.5 Å². The van der Waals surface area contributed by atoms with E-state index in [1.54, 1.807) is 23.1 Å². The van der Waals surface area contributed by atoms with Crippen molar-refractivity contribution in [1.82, 2.24) is 4.98 Å². The first-order chi connectivity index (χ1) is 12.4. The number of halogens is 1. The number of thiazole rings is 1. The maximum Gasteiger partial charge on any atom is 0.230 e. The van der Waals surface area contributed by atoms with Crippen molar-refractivity contribution in [2.45, 2.75) is 39.2 Å². The molecule has 0 saturated carbocycles. The third-order valence-corrected chi connectivity index (χ3v) is 4.97. The summed E-state index contributed by atoms with van der Waals surface area (Å²) >= 11 is 7.57. The number of hydrogen-bond acceptors (Lipinski definition) is 5. The molecule has 1 saturated heterocycles. The van der Waals surface area contributed by atoms with Crippen LogP contribution in [0.5, 0.6) is 5.75 Å². The van der Waals surface area contributed by atoms with Crippen LogP contribution < -0.4 is 15.0 Å². The second kappa shape index (κ2) is 8.05. The highest BCUT2D eigenvalue weighted by Crippen LogP contribution is 2.29.